The summed E-state index contributed by atoms with van der Waals surface area (Å²) in [5.41, 5.74) is 1.77. The minimum absolute atomic E-state index is 0.0336. The number of hydrogen-bond donors (Lipinski definition) is 0. The summed E-state index contributed by atoms with van der Waals surface area (Å²) in [5.74, 6) is -0.241. The average molecular weight is 413 g/mol. The van der Waals surface area contributed by atoms with Crippen LogP contribution in [0.15, 0.2) is 69.4 Å². The van der Waals surface area contributed by atoms with Gasteiger partial charge in [0.15, 0.2) is 10.9 Å². The summed E-state index contributed by atoms with van der Waals surface area (Å²) in [4.78, 5) is 31.0. The van der Waals surface area contributed by atoms with Gasteiger partial charge in [0.2, 0.25) is 0 Å². The van der Waals surface area contributed by atoms with Gasteiger partial charge in [0, 0.05) is 17.2 Å². The molecule has 0 amide bonds. The first kappa shape index (κ1) is 19.0. The van der Waals surface area contributed by atoms with Gasteiger partial charge in [-0.1, -0.05) is 49.0 Å². The van der Waals surface area contributed by atoms with E-state index < -0.39 is 0 Å². The highest BCUT2D eigenvalue weighted by molar-refractivity contribution is 8.00. The van der Waals surface area contributed by atoms with Crippen molar-refractivity contribution in [2.45, 2.75) is 28.6 Å². The van der Waals surface area contributed by atoms with Crippen LogP contribution in [0.2, 0.25) is 0 Å². The van der Waals surface area contributed by atoms with Crippen molar-refractivity contribution in [1.29, 1.82) is 0 Å². The van der Waals surface area contributed by atoms with Gasteiger partial charge < -0.3 is 0 Å². The van der Waals surface area contributed by atoms with E-state index in [4.69, 9.17) is 0 Å². The van der Waals surface area contributed by atoms with Crippen LogP contribution in [0.1, 0.15) is 23.0 Å². The number of aromatic nitrogens is 2. The molecule has 0 fully saturated rings. The number of carbonyl (C=O) groups excluding carboxylic acids is 1. The van der Waals surface area contributed by atoms with Crippen molar-refractivity contribution in [2.75, 3.05) is 5.75 Å². The summed E-state index contributed by atoms with van der Waals surface area (Å²) >= 11 is 2.74. The molecule has 0 bridgehead atoms. The zero-order chi connectivity index (χ0) is 19.7. The summed E-state index contributed by atoms with van der Waals surface area (Å²) in [7, 11) is 0. The van der Waals surface area contributed by atoms with Crippen LogP contribution in [0.5, 0.6) is 0 Å². The van der Waals surface area contributed by atoms with E-state index in [1.165, 1.54) is 40.2 Å². The molecular formula is C21H17FN2O2S2. The maximum absolute atomic E-state index is 13.4. The normalized spacial score (nSPS) is 15.4. The zero-order valence-corrected chi connectivity index (χ0v) is 16.7. The molecule has 0 unspecified atom stereocenters. The summed E-state index contributed by atoms with van der Waals surface area (Å²) in [5, 5.41) is 0.734. The molecule has 4 rings (SSSR count). The minimum atomic E-state index is -0.373. The Kier molecular flexibility index (Phi) is 5.37. The molecule has 0 saturated carbocycles. The summed E-state index contributed by atoms with van der Waals surface area (Å²) < 4.78 is 14.8. The predicted molar refractivity (Wildman–Crippen MR) is 110 cm³/mol. The molecule has 1 aliphatic heterocycles. The van der Waals surface area contributed by atoms with Gasteiger partial charge in [-0.15, -0.1) is 11.8 Å². The van der Waals surface area contributed by atoms with Gasteiger partial charge >= 0.3 is 0 Å². The lowest BCUT2D eigenvalue weighted by atomic mass is 10.2. The maximum atomic E-state index is 13.4. The monoisotopic (exact) mass is 412 g/mol. The Morgan fingerprint density at radius 2 is 1.93 bits per heavy atom. The van der Waals surface area contributed by atoms with Gasteiger partial charge in [-0.2, -0.15) is 0 Å². The molecule has 1 aliphatic rings. The van der Waals surface area contributed by atoms with Crippen molar-refractivity contribution < 1.29 is 9.18 Å². The summed E-state index contributed by atoms with van der Waals surface area (Å²) in [6.07, 6.45) is 0.722. The fourth-order valence-corrected chi connectivity index (χ4v) is 5.07. The van der Waals surface area contributed by atoms with E-state index in [0.29, 0.717) is 21.3 Å². The van der Waals surface area contributed by atoms with Crippen molar-refractivity contribution in [3.8, 4) is 5.69 Å². The molecule has 0 spiro atoms. The number of nitrogens with zero attached hydrogens (tertiary/aromatic N) is 2. The van der Waals surface area contributed by atoms with Crippen molar-refractivity contribution in [1.82, 2.24) is 9.55 Å². The zero-order valence-electron chi connectivity index (χ0n) is 15.1. The van der Waals surface area contributed by atoms with Crippen molar-refractivity contribution in [3.63, 3.8) is 0 Å². The number of halogens is 1. The fraction of sp³-hybridized carbons (Fsp3) is 0.190. The largest absolute Gasteiger partial charge is 0.293 e. The molecule has 142 valence electrons. The Morgan fingerprint density at radius 1 is 1.21 bits per heavy atom. The van der Waals surface area contributed by atoms with Gasteiger partial charge in [-0.25, -0.2) is 9.37 Å². The molecular weight excluding hydrogens is 395 g/mol. The Bertz CT molecular complexity index is 1080. The SMILES string of the molecule is C[C@@H]1Cc2nc(SCC(=O)c3ccccc3)n(-c3ccc(F)cc3)c(=O)c2S1. The first-order chi connectivity index (χ1) is 13.5. The first-order valence-electron chi connectivity index (χ1n) is 8.82. The second kappa shape index (κ2) is 7.93. The number of rotatable bonds is 5. The van der Waals surface area contributed by atoms with E-state index in [1.807, 2.05) is 18.2 Å². The minimum Gasteiger partial charge on any atom is -0.293 e. The average Bonchev–Trinajstić information content (AvgIpc) is 3.08. The molecule has 7 heteroatoms. The van der Waals surface area contributed by atoms with Gasteiger partial charge in [-0.05, 0) is 24.3 Å². The second-order valence-corrected chi connectivity index (χ2v) is 8.89. The van der Waals surface area contributed by atoms with Crippen LogP contribution in [0.4, 0.5) is 4.39 Å². The third kappa shape index (κ3) is 3.77. The highest BCUT2D eigenvalue weighted by atomic mass is 32.2. The molecule has 2 aromatic carbocycles. The van der Waals surface area contributed by atoms with E-state index in [0.717, 1.165) is 12.1 Å². The molecule has 28 heavy (non-hydrogen) atoms. The lowest BCUT2D eigenvalue weighted by molar-refractivity contribution is 0.102. The van der Waals surface area contributed by atoms with Crippen molar-refractivity contribution >= 4 is 29.3 Å². The van der Waals surface area contributed by atoms with Gasteiger partial charge in [0.05, 0.1) is 22.0 Å². The van der Waals surface area contributed by atoms with Crippen LogP contribution in [0, 0.1) is 5.82 Å². The molecule has 0 saturated heterocycles. The van der Waals surface area contributed by atoms with Crippen LogP contribution < -0.4 is 5.56 Å². The molecule has 3 aromatic rings. The second-order valence-electron chi connectivity index (χ2n) is 6.50. The summed E-state index contributed by atoms with van der Waals surface area (Å²) in [6, 6.07) is 14.8. The van der Waals surface area contributed by atoms with Crippen molar-refractivity contribution in [3.05, 3.63) is 82.0 Å². The van der Waals surface area contributed by atoms with E-state index >= 15 is 0 Å². The third-order valence-electron chi connectivity index (χ3n) is 4.39. The van der Waals surface area contributed by atoms with Crippen LogP contribution in [-0.2, 0) is 6.42 Å². The predicted octanol–water partition coefficient (Wildman–Crippen LogP) is 4.38. The lowest BCUT2D eigenvalue weighted by Gasteiger charge is -2.13. The molecule has 1 aromatic heterocycles. The highest BCUT2D eigenvalue weighted by Gasteiger charge is 2.27. The fourth-order valence-electron chi connectivity index (χ4n) is 3.05. The van der Waals surface area contributed by atoms with Crippen LogP contribution in [0.25, 0.3) is 5.69 Å². The quantitative estimate of drug-likeness (QED) is 0.354. The third-order valence-corrected chi connectivity index (χ3v) is 6.55. The van der Waals surface area contributed by atoms with Crippen LogP contribution >= 0.6 is 23.5 Å². The number of Topliss-reactive ketones (excluding diaryl/α,β-unsaturated/α-hetero) is 1. The van der Waals surface area contributed by atoms with E-state index in [1.54, 1.807) is 24.3 Å². The number of fused-ring (bicyclic) bond motifs is 1. The van der Waals surface area contributed by atoms with Gasteiger partial charge in [-0.3, -0.25) is 14.2 Å². The number of benzene rings is 2. The first-order valence-corrected chi connectivity index (χ1v) is 10.7. The van der Waals surface area contributed by atoms with Crippen LogP contribution in [-0.4, -0.2) is 26.3 Å². The number of carbonyl (C=O) groups is 1. The Hall–Kier alpha value is -2.38. The van der Waals surface area contributed by atoms with Crippen molar-refractivity contribution in [2.24, 2.45) is 0 Å². The van der Waals surface area contributed by atoms with E-state index in [-0.39, 0.29) is 28.2 Å². The Morgan fingerprint density at radius 3 is 2.64 bits per heavy atom. The molecule has 2 heterocycles. The van der Waals surface area contributed by atoms with E-state index in [2.05, 4.69) is 11.9 Å². The van der Waals surface area contributed by atoms with Gasteiger partial charge in [0.25, 0.3) is 5.56 Å². The van der Waals surface area contributed by atoms with E-state index in [9.17, 15) is 14.0 Å². The number of hydrogen-bond acceptors (Lipinski definition) is 5. The standard InChI is InChI=1S/C21H17FN2O2S2/c1-13-11-17-19(28-13)20(26)24(16-9-7-15(22)8-10-16)21(23-17)27-12-18(25)14-5-3-2-4-6-14/h2-10,13H,11-12H2,1H3/t13-/m1/s1. The van der Waals surface area contributed by atoms with Gasteiger partial charge in [0.1, 0.15) is 5.82 Å². The Labute approximate surface area is 170 Å². The Balaban J connectivity index is 1.72. The highest BCUT2D eigenvalue weighted by Crippen LogP contribution is 2.35. The topological polar surface area (TPSA) is 52.0 Å². The molecule has 4 nitrogen and oxygen atoms in total. The molecule has 1 atom stereocenters. The van der Waals surface area contributed by atoms with Crippen LogP contribution in [0.3, 0.4) is 0 Å². The molecule has 0 N–H and O–H groups in total. The lowest BCUT2D eigenvalue weighted by Crippen LogP contribution is -2.24. The molecule has 0 radical (unpaired) electrons. The molecule has 0 aliphatic carbocycles. The number of ketones is 1. The maximum Gasteiger partial charge on any atom is 0.272 e. The smallest absolute Gasteiger partial charge is 0.272 e. The summed E-state index contributed by atoms with van der Waals surface area (Å²) in [6.45, 7) is 2.06. The number of thioether (sulfide) groups is 2.